The van der Waals surface area contributed by atoms with Gasteiger partial charge in [-0.05, 0) is 25.7 Å². The van der Waals surface area contributed by atoms with Gasteiger partial charge in [0.2, 0.25) is 0 Å². The monoisotopic (exact) mass is 193 g/mol. The van der Waals surface area contributed by atoms with Crippen LogP contribution in [0.5, 0.6) is 0 Å². The fourth-order valence-electron chi connectivity index (χ4n) is 2.14. The lowest BCUT2D eigenvalue weighted by atomic mass is 10.1. The smallest absolute Gasteiger partial charge is 0.0756 e. The predicted molar refractivity (Wildman–Crippen MR) is 58.4 cm³/mol. The molecule has 3 nitrogen and oxygen atoms in total. The van der Waals surface area contributed by atoms with E-state index in [2.05, 4.69) is 17.3 Å². The van der Waals surface area contributed by atoms with Crippen LogP contribution in [0.4, 0.5) is 5.69 Å². The molecule has 1 aliphatic carbocycles. The van der Waals surface area contributed by atoms with Crippen molar-refractivity contribution in [3.05, 3.63) is 11.9 Å². The van der Waals surface area contributed by atoms with Crippen molar-refractivity contribution < 1.29 is 0 Å². The molecule has 1 fully saturated rings. The zero-order valence-electron chi connectivity index (χ0n) is 9.08. The normalized spacial score (nSPS) is 17.6. The summed E-state index contributed by atoms with van der Waals surface area (Å²) in [5, 5.41) is 7.71. The van der Waals surface area contributed by atoms with E-state index >= 15 is 0 Å². The van der Waals surface area contributed by atoms with E-state index in [4.69, 9.17) is 0 Å². The molecular formula is C11H19N3. The quantitative estimate of drug-likeness (QED) is 0.798. The van der Waals surface area contributed by atoms with Crippen LogP contribution in [0.25, 0.3) is 0 Å². The maximum absolute atomic E-state index is 4.22. The third-order valence-corrected chi connectivity index (χ3v) is 3.29. The number of nitrogens with zero attached hydrogens (tertiary/aromatic N) is 2. The molecule has 1 aromatic rings. The summed E-state index contributed by atoms with van der Waals surface area (Å²) in [6.45, 7) is 3.22. The van der Waals surface area contributed by atoms with E-state index in [1.807, 2.05) is 17.9 Å². The Morgan fingerprint density at radius 2 is 2.21 bits per heavy atom. The third kappa shape index (κ3) is 1.91. The lowest BCUT2D eigenvalue weighted by Crippen LogP contribution is -2.11. The van der Waals surface area contributed by atoms with Crippen molar-refractivity contribution in [3.8, 4) is 0 Å². The summed E-state index contributed by atoms with van der Waals surface area (Å²) in [5.41, 5.74) is 2.42. The van der Waals surface area contributed by atoms with Crippen molar-refractivity contribution >= 4 is 5.69 Å². The second kappa shape index (κ2) is 4.03. The van der Waals surface area contributed by atoms with E-state index < -0.39 is 0 Å². The number of hydrogen-bond acceptors (Lipinski definition) is 2. The number of aromatic nitrogens is 2. The van der Waals surface area contributed by atoms with Gasteiger partial charge in [0.25, 0.3) is 0 Å². The van der Waals surface area contributed by atoms with Crippen molar-refractivity contribution in [2.24, 2.45) is 13.0 Å². The van der Waals surface area contributed by atoms with E-state index in [0.717, 1.165) is 12.5 Å². The standard InChI is InChI=1S/C11H19N3/c1-9-11(8-13-14(9)2)12-7-10-5-3-4-6-10/h8,10,12H,3-7H2,1-2H3. The average molecular weight is 193 g/mol. The van der Waals surface area contributed by atoms with Crippen molar-refractivity contribution in [2.45, 2.75) is 32.6 Å². The van der Waals surface area contributed by atoms with E-state index in [0.29, 0.717) is 0 Å². The number of nitrogens with one attached hydrogen (secondary N) is 1. The Bertz CT molecular complexity index is 297. The molecule has 0 amide bonds. The summed E-state index contributed by atoms with van der Waals surface area (Å²) in [6, 6.07) is 0. The summed E-state index contributed by atoms with van der Waals surface area (Å²) in [7, 11) is 1.98. The summed E-state index contributed by atoms with van der Waals surface area (Å²) < 4.78 is 1.91. The molecule has 2 rings (SSSR count). The minimum atomic E-state index is 0.884. The molecule has 1 aliphatic rings. The molecule has 78 valence electrons. The fraction of sp³-hybridized carbons (Fsp3) is 0.727. The van der Waals surface area contributed by atoms with Gasteiger partial charge in [0, 0.05) is 13.6 Å². The van der Waals surface area contributed by atoms with Gasteiger partial charge in [-0.2, -0.15) is 5.10 Å². The van der Waals surface area contributed by atoms with Gasteiger partial charge in [-0.25, -0.2) is 0 Å². The van der Waals surface area contributed by atoms with Gasteiger partial charge >= 0.3 is 0 Å². The van der Waals surface area contributed by atoms with Gasteiger partial charge < -0.3 is 5.32 Å². The first kappa shape index (κ1) is 9.56. The lowest BCUT2D eigenvalue weighted by molar-refractivity contribution is 0.579. The minimum Gasteiger partial charge on any atom is -0.382 e. The molecule has 0 radical (unpaired) electrons. The second-order valence-corrected chi connectivity index (χ2v) is 4.30. The SMILES string of the molecule is Cc1c(NCC2CCCC2)cnn1C. The third-order valence-electron chi connectivity index (χ3n) is 3.29. The highest BCUT2D eigenvalue weighted by Crippen LogP contribution is 2.25. The molecule has 0 saturated heterocycles. The number of hydrogen-bond donors (Lipinski definition) is 1. The van der Waals surface area contributed by atoms with E-state index in [1.54, 1.807) is 0 Å². The van der Waals surface area contributed by atoms with Crippen LogP contribution in [0.1, 0.15) is 31.4 Å². The van der Waals surface area contributed by atoms with E-state index in [9.17, 15) is 0 Å². The van der Waals surface area contributed by atoms with Crippen LogP contribution in [0.2, 0.25) is 0 Å². The van der Waals surface area contributed by atoms with E-state index in [1.165, 1.54) is 37.1 Å². The van der Waals surface area contributed by atoms with Crippen LogP contribution >= 0.6 is 0 Å². The molecule has 0 atom stereocenters. The predicted octanol–water partition coefficient (Wildman–Crippen LogP) is 2.33. The Labute approximate surface area is 85.5 Å². The Kier molecular flexibility index (Phi) is 2.75. The van der Waals surface area contributed by atoms with Crippen LogP contribution in [0.3, 0.4) is 0 Å². The van der Waals surface area contributed by atoms with Crippen molar-refractivity contribution in [1.82, 2.24) is 9.78 Å². The van der Waals surface area contributed by atoms with Crippen LogP contribution in [-0.2, 0) is 7.05 Å². The van der Waals surface area contributed by atoms with Crippen LogP contribution in [-0.4, -0.2) is 16.3 Å². The van der Waals surface area contributed by atoms with E-state index in [-0.39, 0.29) is 0 Å². The molecule has 0 aliphatic heterocycles. The summed E-state index contributed by atoms with van der Waals surface area (Å²) in [5.74, 6) is 0.884. The topological polar surface area (TPSA) is 29.9 Å². The molecule has 1 aromatic heterocycles. The van der Waals surface area contributed by atoms with Gasteiger partial charge in [-0.3, -0.25) is 4.68 Å². The maximum Gasteiger partial charge on any atom is 0.0756 e. The van der Waals surface area contributed by atoms with Crippen molar-refractivity contribution in [3.63, 3.8) is 0 Å². The molecule has 0 spiro atoms. The van der Waals surface area contributed by atoms with Crippen LogP contribution in [0, 0.1) is 12.8 Å². The molecule has 1 heterocycles. The lowest BCUT2D eigenvalue weighted by Gasteiger charge is -2.10. The molecule has 0 bridgehead atoms. The first-order chi connectivity index (χ1) is 6.77. The molecule has 3 heteroatoms. The Morgan fingerprint density at radius 1 is 1.50 bits per heavy atom. The molecule has 1 N–H and O–H groups in total. The Morgan fingerprint density at radius 3 is 2.79 bits per heavy atom. The summed E-state index contributed by atoms with van der Waals surface area (Å²) >= 11 is 0. The molecule has 14 heavy (non-hydrogen) atoms. The Balaban J connectivity index is 1.88. The fourth-order valence-corrected chi connectivity index (χ4v) is 2.14. The van der Waals surface area contributed by atoms with Gasteiger partial charge in [0.15, 0.2) is 0 Å². The molecule has 0 aromatic carbocycles. The average Bonchev–Trinajstić information content (AvgIpc) is 2.77. The number of rotatable bonds is 3. The highest BCUT2D eigenvalue weighted by atomic mass is 15.3. The second-order valence-electron chi connectivity index (χ2n) is 4.30. The van der Waals surface area contributed by atoms with Gasteiger partial charge in [0.05, 0.1) is 17.6 Å². The molecule has 0 unspecified atom stereocenters. The Hall–Kier alpha value is -0.990. The minimum absolute atomic E-state index is 0.884. The van der Waals surface area contributed by atoms with Crippen LogP contribution < -0.4 is 5.32 Å². The van der Waals surface area contributed by atoms with Crippen molar-refractivity contribution in [1.29, 1.82) is 0 Å². The zero-order valence-corrected chi connectivity index (χ0v) is 9.08. The highest BCUT2D eigenvalue weighted by molar-refractivity contribution is 5.45. The van der Waals surface area contributed by atoms with Crippen LogP contribution in [0.15, 0.2) is 6.20 Å². The number of aryl methyl sites for hydroxylation is 1. The zero-order chi connectivity index (χ0) is 9.97. The molecular weight excluding hydrogens is 174 g/mol. The van der Waals surface area contributed by atoms with Gasteiger partial charge in [0.1, 0.15) is 0 Å². The maximum atomic E-state index is 4.22. The first-order valence-electron chi connectivity index (χ1n) is 5.50. The highest BCUT2D eigenvalue weighted by Gasteiger charge is 2.15. The van der Waals surface area contributed by atoms with Gasteiger partial charge in [-0.15, -0.1) is 0 Å². The number of anilines is 1. The van der Waals surface area contributed by atoms with Crippen molar-refractivity contribution in [2.75, 3.05) is 11.9 Å². The largest absolute Gasteiger partial charge is 0.382 e. The van der Waals surface area contributed by atoms with Gasteiger partial charge in [-0.1, -0.05) is 12.8 Å². The first-order valence-corrected chi connectivity index (χ1v) is 5.50. The summed E-state index contributed by atoms with van der Waals surface area (Å²) in [4.78, 5) is 0. The summed E-state index contributed by atoms with van der Waals surface area (Å²) in [6.07, 6.45) is 7.54. The molecule has 1 saturated carbocycles.